The van der Waals surface area contributed by atoms with Gasteiger partial charge in [0.15, 0.2) is 18.2 Å². The lowest BCUT2D eigenvalue weighted by Crippen LogP contribution is -2.20. The number of non-ortho nitro benzene ring substituents is 1. The number of anilines is 1. The molecule has 114 valence electrons. The van der Waals surface area contributed by atoms with Crippen LogP contribution < -0.4 is 10.1 Å². The number of nitro groups is 1. The van der Waals surface area contributed by atoms with Crippen LogP contribution in [0.15, 0.2) is 46.9 Å². The summed E-state index contributed by atoms with van der Waals surface area (Å²) in [6.07, 6.45) is 0. The van der Waals surface area contributed by atoms with Crippen molar-refractivity contribution in [3.8, 4) is 5.75 Å². The van der Waals surface area contributed by atoms with E-state index in [9.17, 15) is 19.3 Å². The molecule has 2 rings (SSSR count). The number of nitro benzene ring substituents is 1. The Hall–Kier alpha value is -2.48. The lowest BCUT2D eigenvalue weighted by molar-refractivity contribution is -0.384. The highest BCUT2D eigenvalue weighted by Crippen LogP contribution is 2.21. The minimum absolute atomic E-state index is 0.0580. The molecular formula is C14H10BrFN2O4. The fourth-order valence-electron chi connectivity index (χ4n) is 1.63. The van der Waals surface area contributed by atoms with E-state index in [1.807, 2.05) is 0 Å². The molecule has 1 N–H and O–H groups in total. The zero-order valence-electron chi connectivity index (χ0n) is 11.1. The van der Waals surface area contributed by atoms with Gasteiger partial charge in [-0.15, -0.1) is 0 Å². The van der Waals surface area contributed by atoms with Gasteiger partial charge in [0.2, 0.25) is 0 Å². The summed E-state index contributed by atoms with van der Waals surface area (Å²) in [6.45, 7) is -0.415. The summed E-state index contributed by atoms with van der Waals surface area (Å²) in [4.78, 5) is 21.8. The van der Waals surface area contributed by atoms with Crippen LogP contribution in [0.4, 0.5) is 15.8 Å². The summed E-state index contributed by atoms with van der Waals surface area (Å²) in [5, 5.41) is 13.1. The number of benzene rings is 2. The predicted molar refractivity (Wildman–Crippen MR) is 81.3 cm³/mol. The van der Waals surface area contributed by atoms with Crippen LogP contribution in [0.1, 0.15) is 0 Å². The Morgan fingerprint density at radius 1 is 1.32 bits per heavy atom. The van der Waals surface area contributed by atoms with Gasteiger partial charge in [0.25, 0.3) is 11.6 Å². The number of hydrogen-bond donors (Lipinski definition) is 1. The summed E-state index contributed by atoms with van der Waals surface area (Å²) in [7, 11) is 0. The predicted octanol–water partition coefficient (Wildman–Crippen LogP) is 3.51. The summed E-state index contributed by atoms with van der Waals surface area (Å²) >= 11 is 3.11. The molecule has 0 bridgehead atoms. The summed E-state index contributed by atoms with van der Waals surface area (Å²) in [6, 6.07) is 9.67. The van der Waals surface area contributed by atoms with Gasteiger partial charge in [-0.2, -0.15) is 0 Å². The number of carbonyl (C=O) groups excluding carboxylic acids is 1. The molecule has 2 aromatic carbocycles. The van der Waals surface area contributed by atoms with Crippen molar-refractivity contribution < 1.29 is 18.8 Å². The van der Waals surface area contributed by atoms with Crippen LogP contribution in [0.3, 0.4) is 0 Å². The highest BCUT2D eigenvalue weighted by atomic mass is 79.9. The number of rotatable bonds is 5. The van der Waals surface area contributed by atoms with Crippen LogP contribution in [0, 0.1) is 15.9 Å². The smallest absolute Gasteiger partial charge is 0.271 e. The van der Waals surface area contributed by atoms with Gasteiger partial charge in [-0.25, -0.2) is 4.39 Å². The van der Waals surface area contributed by atoms with E-state index in [4.69, 9.17) is 4.74 Å². The quantitative estimate of drug-likeness (QED) is 0.646. The topological polar surface area (TPSA) is 81.5 Å². The standard InChI is InChI=1S/C14H10BrFN2O4/c15-9-4-5-13(12(16)6-9)22-8-14(19)17-10-2-1-3-11(7-10)18(20)21/h1-7H,8H2,(H,17,19). The fourth-order valence-corrected chi connectivity index (χ4v) is 1.96. The first kappa shape index (κ1) is 15.9. The Morgan fingerprint density at radius 2 is 2.09 bits per heavy atom. The molecule has 0 spiro atoms. The van der Waals surface area contributed by atoms with E-state index in [2.05, 4.69) is 21.2 Å². The van der Waals surface area contributed by atoms with Gasteiger partial charge in [-0.1, -0.05) is 22.0 Å². The maximum Gasteiger partial charge on any atom is 0.271 e. The first-order valence-electron chi connectivity index (χ1n) is 6.08. The lowest BCUT2D eigenvalue weighted by atomic mass is 10.3. The number of nitrogens with one attached hydrogen (secondary N) is 1. The Kier molecular flexibility index (Phi) is 5.05. The number of halogens is 2. The first-order valence-corrected chi connectivity index (χ1v) is 6.87. The molecule has 0 saturated heterocycles. The maximum atomic E-state index is 13.5. The highest BCUT2D eigenvalue weighted by molar-refractivity contribution is 9.10. The third-order valence-electron chi connectivity index (χ3n) is 2.59. The second-order valence-corrected chi connectivity index (χ2v) is 5.13. The average molecular weight is 369 g/mol. The van der Waals surface area contributed by atoms with Crippen molar-refractivity contribution in [2.45, 2.75) is 0 Å². The van der Waals surface area contributed by atoms with Crippen LogP contribution >= 0.6 is 15.9 Å². The zero-order chi connectivity index (χ0) is 16.1. The molecule has 1 amide bonds. The molecule has 0 saturated carbocycles. The first-order chi connectivity index (χ1) is 10.5. The van der Waals surface area contributed by atoms with Crippen LogP contribution in [0.25, 0.3) is 0 Å². The molecule has 6 nitrogen and oxygen atoms in total. The van der Waals surface area contributed by atoms with Gasteiger partial charge < -0.3 is 10.1 Å². The average Bonchev–Trinajstić information content (AvgIpc) is 2.46. The molecule has 8 heteroatoms. The second-order valence-electron chi connectivity index (χ2n) is 4.22. The van der Waals surface area contributed by atoms with Crippen LogP contribution in [0.5, 0.6) is 5.75 Å². The molecule has 0 atom stereocenters. The SMILES string of the molecule is O=C(COc1ccc(Br)cc1F)Nc1cccc([N+](=O)[O-])c1. The number of ether oxygens (including phenoxy) is 1. The number of nitrogens with zero attached hydrogens (tertiary/aromatic N) is 1. The van der Waals surface area contributed by atoms with E-state index in [1.165, 1.54) is 36.4 Å². The molecule has 0 aliphatic rings. The molecular weight excluding hydrogens is 359 g/mol. The summed E-state index contributed by atoms with van der Waals surface area (Å²) in [5.41, 5.74) is 0.122. The minimum atomic E-state index is -0.600. The molecule has 2 aromatic rings. The van der Waals surface area contributed by atoms with Crippen LogP contribution in [-0.4, -0.2) is 17.4 Å². The van der Waals surface area contributed by atoms with Gasteiger partial charge in [0, 0.05) is 22.3 Å². The third kappa shape index (κ3) is 4.26. The number of amides is 1. The molecule has 0 fully saturated rings. The van der Waals surface area contributed by atoms with Crippen molar-refractivity contribution in [3.63, 3.8) is 0 Å². The minimum Gasteiger partial charge on any atom is -0.481 e. The van der Waals surface area contributed by atoms with E-state index >= 15 is 0 Å². The monoisotopic (exact) mass is 368 g/mol. The summed E-state index contributed by atoms with van der Waals surface area (Å²) in [5.74, 6) is -1.21. The Labute approximate surface area is 133 Å². The van der Waals surface area contributed by atoms with Crippen LogP contribution in [0.2, 0.25) is 0 Å². The van der Waals surface area contributed by atoms with Crippen molar-refractivity contribution in [2.75, 3.05) is 11.9 Å². The van der Waals surface area contributed by atoms with E-state index in [0.717, 1.165) is 0 Å². The summed E-state index contributed by atoms with van der Waals surface area (Å²) < 4.78 is 19.1. The molecule has 0 aliphatic heterocycles. The van der Waals surface area contributed by atoms with Crippen molar-refractivity contribution in [1.29, 1.82) is 0 Å². The van der Waals surface area contributed by atoms with Crippen molar-refractivity contribution in [1.82, 2.24) is 0 Å². The second kappa shape index (κ2) is 6.99. The number of hydrogen-bond acceptors (Lipinski definition) is 4. The fraction of sp³-hybridized carbons (Fsp3) is 0.0714. The maximum absolute atomic E-state index is 13.5. The Morgan fingerprint density at radius 3 is 2.77 bits per heavy atom. The van der Waals surface area contributed by atoms with Gasteiger partial charge in [0.05, 0.1) is 4.92 Å². The van der Waals surface area contributed by atoms with Crippen molar-refractivity contribution >= 4 is 33.2 Å². The molecule has 0 aliphatic carbocycles. The molecule has 0 unspecified atom stereocenters. The van der Waals surface area contributed by atoms with Crippen LogP contribution in [-0.2, 0) is 4.79 Å². The van der Waals surface area contributed by atoms with E-state index in [0.29, 0.717) is 4.47 Å². The Bertz CT molecular complexity index is 724. The molecule has 0 heterocycles. The third-order valence-corrected chi connectivity index (χ3v) is 3.09. The molecule has 22 heavy (non-hydrogen) atoms. The number of carbonyl (C=O) groups is 1. The molecule has 0 radical (unpaired) electrons. The zero-order valence-corrected chi connectivity index (χ0v) is 12.7. The normalized spacial score (nSPS) is 10.1. The van der Waals surface area contributed by atoms with Gasteiger partial charge in [0.1, 0.15) is 0 Å². The van der Waals surface area contributed by atoms with Gasteiger partial charge in [-0.05, 0) is 24.3 Å². The van der Waals surface area contributed by atoms with E-state index in [-0.39, 0.29) is 17.1 Å². The van der Waals surface area contributed by atoms with Crippen molar-refractivity contribution in [3.05, 3.63) is 62.9 Å². The molecule has 0 aromatic heterocycles. The van der Waals surface area contributed by atoms with Crippen molar-refractivity contribution in [2.24, 2.45) is 0 Å². The lowest BCUT2D eigenvalue weighted by Gasteiger charge is -2.08. The van der Waals surface area contributed by atoms with E-state index in [1.54, 1.807) is 6.07 Å². The van der Waals surface area contributed by atoms with Gasteiger partial charge in [-0.3, -0.25) is 14.9 Å². The largest absolute Gasteiger partial charge is 0.481 e. The van der Waals surface area contributed by atoms with E-state index < -0.39 is 23.3 Å². The highest BCUT2D eigenvalue weighted by Gasteiger charge is 2.10. The Balaban J connectivity index is 1.95. The van der Waals surface area contributed by atoms with Gasteiger partial charge >= 0.3 is 0 Å².